The first-order valence-corrected chi connectivity index (χ1v) is 5.98. The maximum absolute atomic E-state index is 11.6. The van der Waals surface area contributed by atoms with Gasteiger partial charge in [-0.25, -0.2) is 0 Å². The molecule has 0 spiro atoms. The Morgan fingerprint density at radius 1 is 1.47 bits per heavy atom. The fourth-order valence-electron chi connectivity index (χ4n) is 1.64. The third-order valence-corrected chi connectivity index (χ3v) is 2.79. The number of carbonyl (C=O) groups is 1. The number of phenolic OH excluding ortho intramolecular Hbond substituents is 1. The highest BCUT2D eigenvalue weighted by Crippen LogP contribution is 2.24. The van der Waals surface area contributed by atoms with E-state index in [0.29, 0.717) is 24.7 Å². The molecule has 1 aromatic carbocycles. The van der Waals surface area contributed by atoms with Crippen molar-refractivity contribution in [3.8, 4) is 5.75 Å². The van der Waals surface area contributed by atoms with Gasteiger partial charge in [0.1, 0.15) is 5.75 Å². The van der Waals surface area contributed by atoms with E-state index in [4.69, 9.17) is 0 Å². The molecule has 17 heavy (non-hydrogen) atoms. The number of benzene rings is 1. The van der Waals surface area contributed by atoms with Crippen molar-refractivity contribution >= 4 is 11.6 Å². The molecule has 1 saturated carbocycles. The lowest BCUT2D eigenvalue weighted by atomic mass is 10.2. The summed E-state index contributed by atoms with van der Waals surface area (Å²) in [4.78, 5) is 11.6. The van der Waals surface area contributed by atoms with Crippen molar-refractivity contribution in [3.05, 3.63) is 23.8 Å². The second-order valence-corrected chi connectivity index (χ2v) is 4.55. The van der Waals surface area contributed by atoms with Gasteiger partial charge in [0.25, 0.3) is 0 Å². The van der Waals surface area contributed by atoms with Crippen molar-refractivity contribution in [1.82, 2.24) is 5.32 Å². The smallest absolute Gasteiger partial charge is 0.225 e. The van der Waals surface area contributed by atoms with Crippen molar-refractivity contribution in [1.29, 1.82) is 0 Å². The Morgan fingerprint density at radius 3 is 2.94 bits per heavy atom. The van der Waals surface area contributed by atoms with Gasteiger partial charge in [-0.05, 0) is 37.5 Å². The number of amides is 1. The summed E-state index contributed by atoms with van der Waals surface area (Å²) in [5.41, 5.74) is 1.50. The molecule has 0 radical (unpaired) electrons. The van der Waals surface area contributed by atoms with Crippen LogP contribution in [0, 0.1) is 6.92 Å². The highest BCUT2D eigenvalue weighted by Gasteiger charge is 2.20. The summed E-state index contributed by atoms with van der Waals surface area (Å²) in [6.07, 6.45) is 2.88. The first-order chi connectivity index (χ1) is 8.15. The van der Waals surface area contributed by atoms with Crippen LogP contribution in [0.1, 0.15) is 24.8 Å². The van der Waals surface area contributed by atoms with Gasteiger partial charge in [0.05, 0.1) is 5.69 Å². The first kappa shape index (κ1) is 11.9. The maximum Gasteiger partial charge on any atom is 0.225 e. The zero-order chi connectivity index (χ0) is 12.3. The van der Waals surface area contributed by atoms with Gasteiger partial charge in [0.15, 0.2) is 0 Å². The van der Waals surface area contributed by atoms with Crippen molar-refractivity contribution in [3.63, 3.8) is 0 Å². The zero-order valence-corrected chi connectivity index (χ0v) is 9.99. The summed E-state index contributed by atoms with van der Waals surface area (Å²) in [7, 11) is 0. The fraction of sp³-hybridized carbons (Fsp3) is 0.462. The minimum absolute atomic E-state index is 0.0703. The van der Waals surface area contributed by atoms with Crippen LogP contribution in [0.5, 0.6) is 5.75 Å². The van der Waals surface area contributed by atoms with Crippen LogP contribution in [0.25, 0.3) is 0 Å². The number of aryl methyl sites for hydroxylation is 1. The van der Waals surface area contributed by atoms with Crippen molar-refractivity contribution in [2.75, 3.05) is 11.9 Å². The number of phenols is 1. The van der Waals surface area contributed by atoms with E-state index < -0.39 is 0 Å². The summed E-state index contributed by atoms with van der Waals surface area (Å²) in [5.74, 6) is 0.0400. The van der Waals surface area contributed by atoms with E-state index in [1.54, 1.807) is 18.2 Å². The summed E-state index contributed by atoms with van der Waals surface area (Å²) < 4.78 is 0. The number of aromatic hydroxyl groups is 1. The molecule has 1 aliphatic carbocycles. The van der Waals surface area contributed by atoms with E-state index in [0.717, 1.165) is 5.56 Å². The molecule has 0 aromatic heterocycles. The SMILES string of the molecule is Cc1ccc(O)c(NC(=O)CCNC2CC2)c1. The molecule has 0 heterocycles. The number of carbonyl (C=O) groups excluding carboxylic acids is 1. The molecule has 2 rings (SSSR count). The Kier molecular flexibility index (Phi) is 3.64. The highest BCUT2D eigenvalue weighted by molar-refractivity contribution is 5.92. The van der Waals surface area contributed by atoms with Gasteiger partial charge >= 0.3 is 0 Å². The van der Waals surface area contributed by atoms with Crippen LogP contribution in [-0.2, 0) is 4.79 Å². The van der Waals surface area contributed by atoms with Gasteiger partial charge in [0.2, 0.25) is 5.91 Å². The van der Waals surface area contributed by atoms with Gasteiger partial charge in [-0.15, -0.1) is 0 Å². The molecule has 1 aromatic rings. The Morgan fingerprint density at radius 2 is 2.24 bits per heavy atom. The van der Waals surface area contributed by atoms with Gasteiger partial charge in [0, 0.05) is 19.0 Å². The Bertz CT molecular complexity index is 414. The topological polar surface area (TPSA) is 61.4 Å². The van der Waals surface area contributed by atoms with Crippen LogP contribution in [0.4, 0.5) is 5.69 Å². The van der Waals surface area contributed by atoms with Crippen molar-refractivity contribution in [2.24, 2.45) is 0 Å². The minimum Gasteiger partial charge on any atom is -0.506 e. The first-order valence-electron chi connectivity index (χ1n) is 5.98. The molecular formula is C13H18N2O2. The molecule has 0 unspecified atom stereocenters. The Balaban J connectivity index is 1.81. The van der Waals surface area contributed by atoms with Crippen LogP contribution in [0.15, 0.2) is 18.2 Å². The van der Waals surface area contributed by atoms with Crippen LogP contribution >= 0.6 is 0 Å². The van der Waals surface area contributed by atoms with E-state index in [1.807, 2.05) is 6.92 Å². The van der Waals surface area contributed by atoms with Crippen molar-refractivity contribution in [2.45, 2.75) is 32.2 Å². The van der Waals surface area contributed by atoms with Crippen LogP contribution in [0.2, 0.25) is 0 Å². The lowest BCUT2D eigenvalue weighted by Gasteiger charge is -2.08. The highest BCUT2D eigenvalue weighted by atomic mass is 16.3. The monoisotopic (exact) mass is 234 g/mol. The zero-order valence-electron chi connectivity index (χ0n) is 9.99. The van der Waals surface area contributed by atoms with E-state index in [1.165, 1.54) is 12.8 Å². The standard InChI is InChI=1S/C13H18N2O2/c1-9-2-5-12(16)11(8-9)15-13(17)6-7-14-10-3-4-10/h2,5,8,10,14,16H,3-4,6-7H2,1H3,(H,15,17). The number of rotatable bonds is 5. The van der Waals surface area contributed by atoms with Gasteiger partial charge in [-0.1, -0.05) is 6.07 Å². The molecule has 0 aliphatic heterocycles. The predicted molar refractivity (Wildman–Crippen MR) is 67.1 cm³/mol. The molecule has 3 N–H and O–H groups in total. The molecule has 92 valence electrons. The molecule has 1 fully saturated rings. The van der Waals surface area contributed by atoms with E-state index >= 15 is 0 Å². The molecule has 1 aliphatic rings. The van der Waals surface area contributed by atoms with Crippen LogP contribution in [0.3, 0.4) is 0 Å². The predicted octanol–water partition coefficient (Wildman–Crippen LogP) is 1.78. The quantitative estimate of drug-likeness (QED) is 0.681. The number of anilines is 1. The molecule has 0 saturated heterocycles. The number of hydrogen-bond acceptors (Lipinski definition) is 3. The summed E-state index contributed by atoms with van der Waals surface area (Å²) in [6.45, 7) is 2.62. The molecule has 4 nitrogen and oxygen atoms in total. The molecular weight excluding hydrogens is 216 g/mol. The Hall–Kier alpha value is -1.55. The Labute approximate surface area is 101 Å². The number of nitrogens with one attached hydrogen (secondary N) is 2. The van der Waals surface area contributed by atoms with E-state index in [-0.39, 0.29) is 11.7 Å². The molecule has 4 heteroatoms. The van der Waals surface area contributed by atoms with Gasteiger partial charge in [-0.2, -0.15) is 0 Å². The average molecular weight is 234 g/mol. The van der Waals surface area contributed by atoms with Crippen LogP contribution < -0.4 is 10.6 Å². The third kappa shape index (κ3) is 3.75. The van der Waals surface area contributed by atoms with Gasteiger partial charge in [-0.3, -0.25) is 4.79 Å². The average Bonchev–Trinajstić information content (AvgIpc) is 3.07. The third-order valence-electron chi connectivity index (χ3n) is 2.79. The maximum atomic E-state index is 11.6. The summed E-state index contributed by atoms with van der Waals surface area (Å²) >= 11 is 0. The summed E-state index contributed by atoms with van der Waals surface area (Å²) in [6, 6.07) is 5.78. The molecule has 0 atom stereocenters. The molecule has 1 amide bonds. The van der Waals surface area contributed by atoms with E-state index in [2.05, 4.69) is 10.6 Å². The molecule has 0 bridgehead atoms. The lowest BCUT2D eigenvalue weighted by Crippen LogP contribution is -2.23. The van der Waals surface area contributed by atoms with Crippen molar-refractivity contribution < 1.29 is 9.90 Å². The normalized spacial score (nSPS) is 14.6. The van der Waals surface area contributed by atoms with Gasteiger partial charge < -0.3 is 15.7 Å². The second-order valence-electron chi connectivity index (χ2n) is 4.55. The minimum atomic E-state index is -0.0703. The second kappa shape index (κ2) is 5.19. The lowest BCUT2D eigenvalue weighted by molar-refractivity contribution is -0.116. The summed E-state index contributed by atoms with van der Waals surface area (Å²) in [5, 5.41) is 15.6. The van der Waals surface area contributed by atoms with E-state index in [9.17, 15) is 9.90 Å². The largest absolute Gasteiger partial charge is 0.506 e. The van der Waals surface area contributed by atoms with Crippen LogP contribution in [-0.4, -0.2) is 23.6 Å². The fourth-order valence-corrected chi connectivity index (χ4v) is 1.64. The number of hydrogen-bond donors (Lipinski definition) is 3.